The van der Waals surface area contributed by atoms with Crippen molar-refractivity contribution in [3.8, 4) is 11.5 Å². The first-order chi connectivity index (χ1) is 15.4. The van der Waals surface area contributed by atoms with Crippen molar-refractivity contribution in [3.63, 3.8) is 0 Å². The summed E-state index contributed by atoms with van der Waals surface area (Å²) in [6, 6.07) is 6.60. The monoisotopic (exact) mass is 461 g/mol. The predicted octanol–water partition coefficient (Wildman–Crippen LogP) is 4.19. The standard InChI is InChI=1S/C21H20FN3O6S/c1-29-17-9-14(16(25(27)28)10-18(17)30-2)20(26)24(11-13-4-3-7-31-13)21-23-15-6-5-12(22)8-19(15)32-21/h5-6,8-10,13H,3-4,7,11H2,1-2H3. The van der Waals surface area contributed by atoms with E-state index in [2.05, 4.69) is 4.98 Å². The molecular formula is C21H20FN3O6S. The van der Waals surface area contributed by atoms with Crippen molar-refractivity contribution in [1.29, 1.82) is 0 Å². The Kier molecular flexibility index (Phi) is 6.19. The van der Waals surface area contributed by atoms with E-state index in [1.54, 1.807) is 0 Å². The third-order valence-electron chi connectivity index (χ3n) is 5.15. The Morgan fingerprint density at radius 3 is 2.72 bits per heavy atom. The summed E-state index contributed by atoms with van der Waals surface area (Å²) in [6.07, 6.45) is 1.37. The lowest BCUT2D eigenvalue weighted by atomic mass is 10.1. The summed E-state index contributed by atoms with van der Waals surface area (Å²) in [7, 11) is 2.73. The number of amides is 1. The number of halogens is 1. The minimum absolute atomic E-state index is 0.136. The highest BCUT2D eigenvalue weighted by Crippen LogP contribution is 2.37. The highest BCUT2D eigenvalue weighted by atomic mass is 32.1. The Hall–Kier alpha value is -3.31. The molecule has 0 saturated carbocycles. The van der Waals surface area contributed by atoms with Crippen molar-refractivity contribution >= 4 is 38.3 Å². The predicted molar refractivity (Wildman–Crippen MR) is 116 cm³/mol. The van der Waals surface area contributed by atoms with Crippen LogP contribution in [0.3, 0.4) is 0 Å². The molecule has 2 heterocycles. The van der Waals surface area contributed by atoms with Crippen LogP contribution in [0, 0.1) is 15.9 Å². The second kappa shape index (κ2) is 9.05. The van der Waals surface area contributed by atoms with E-state index in [1.165, 1.54) is 43.4 Å². The number of fused-ring (bicyclic) bond motifs is 1. The zero-order valence-corrected chi connectivity index (χ0v) is 18.2. The van der Waals surface area contributed by atoms with E-state index in [9.17, 15) is 19.3 Å². The van der Waals surface area contributed by atoms with Crippen molar-refractivity contribution in [2.24, 2.45) is 0 Å². The van der Waals surface area contributed by atoms with Crippen LogP contribution >= 0.6 is 11.3 Å². The summed E-state index contributed by atoms with van der Waals surface area (Å²) >= 11 is 1.13. The van der Waals surface area contributed by atoms with E-state index < -0.39 is 22.3 Å². The number of thiazole rings is 1. The van der Waals surface area contributed by atoms with E-state index in [1.807, 2.05) is 0 Å². The van der Waals surface area contributed by atoms with Gasteiger partial charge in [0.15, 0.2) is 16.6 Å². The largest absolute Gasteiger partial charge is 0.493 e. The lowest BCUT2D eigenvalue weighted by Crippen LogP contribution is -2.37. The van der Waals surface area contributed by atoms with Crippen LogP contribution in [0.5, 0.6) is 11.5 Å². The third-order valence-corrected chi connectivity index (χ3v) is 6.20. The second-order valence-corrected chi connectivity index (χ2v) is 8.15. The van der Waals surface area contributed by atoms with Gasteiger partial charge in [-0.2, -0.15) is 0 Å². The molecule has 0 spiro atoms. The van der Waals surface area contributed by atoms with Gasteiger partial charge in [-0.15, -0.1) is 0 Å². The first kappa shape index (κ1) is 21.9. The molecule has 2 aromatic carbocycles. The molecule has 0 bridgehead atoms. The molecule has 1 atom stereocenters. The zero-order valence-electron chi connectivity index (χ0n) is 17.4. The Balaban J connectivity index is 1.81. The van der Waals surface area contributed by atoms with Gasteiger partial charge in [-0.3, -0.25) is 19.8 Å². The van der Waals surface area contributed by atoms with Crippen LogP contribution in [-0.4, -0.2) is 49.3 Å². The number of benzene rings is 2. The number of carbonyl (C=O) groups excluding carboxylic acids is 1. The number of nitro groups is 1. The van der Waals surface area contributed by atoms with Crippen LogP contribution in [-0.2, 0) is 4.74 Å². The molecule has 0 aliphatic carbocycles. The van der Waals surface area contributed by atoms with E-state index >= 15 is 0 Å². The van der Waals surface area contributed by atoms with Crippen molar-refractivity contribution in [1.82, 2.24) is 4.98 Å². The molecule has 168 valence electrons. The third kappa shape index (κ3) is 4.21. The lowest BCUT2D eigenvalue weighted by molar-refractivity contribution is -0.385. The molecule has 1 aliphatic rings. The summed E-state index contributed by atoms with van der Waals surface area (Å²) < 4.78 is 30.3. The number of rotatable bonds is 7. The normalized spacial score (nSPS) is 15.7. The fourth-order valence-corrected chi connectivity index (χ4v) is 4.58. The van der Waals surface area contributed by atoms with Crippen LogP contribution in [0.15, 0.2) is 30.3 Å². The van der Waals surface area contributed by atoms with Gasteiger partial charge in [0.2, 0.25) is 0 Å². The molecule has 0 radical (unpaired) electrons. The molecule has 32 heavy (non-hydrogen) atoms. The molecule has 9 nitrogen and oxygen atoms in total. The Morgan fingerprint density at radius 2 is 2.06 bits per heavy atom. The summed E-state index contributed by atoms with van der Waals surface area (Å²) in [4.78, 5) is 30.5. The minimum Gasteiger partial charge on any atom is -0.493 e. The fourth-order valence-electron chi connectivity index (χ4n) is 3.58. The molecule has 1 amide bonds. The number of hydrogen-bond acceptors (Lipinski definition) is 8. The number of ether oxygens (including phenoxy) is 3. The zero-order chi connectivity index (χ0) is 22.8. The number of aromatic nitrogens is 1. The van der Waals surface area contributed by atoms with E-state index in [4.69, 9.17) is 14.2 Å². The molecule has 0 N–H and O–H groups in total. The molecule has 1 fully saturated rings. The first-order valence-corrected chi connectivity index (χ1v) is 10.6. The average molecular weight is 461 g/mol. The Labute approximate surface area is 186 Å². The van der Waals surface area contributed by atoms with Crippen LogP contribution in [0.4, 0.5) is 15.2 Å². The summed E-state index contributed by atoms with van der Waals surface area (Å²) in [6.45, 7) is 0.737. The van der Waals surface area contributed by atoms with Gasteiger partial charge in [-0.1, -0.05) is 11.3 Å². The van der Waals surface area contributed by atoms with Gasteiger partial charge in [0, 0.05) is 12.7 Å². The van der Waals surface area contributed by atoms with Gasteiger partial charge in [0.1, 0.15) is 11.4 Å². The number of anilines is 1. The number of nitro benzene ring substituents is 1. The Morgan fingerprint density at radius 1 is 1.31 bits per heavy atom. The van der Waals surface area contributed by atoms with Gasteiger partial charge in [0.05, 0.1) is 48.1 Å². The summed E-state index contributed by atoms with van der Waals surface area (Å²) in [5.41, 5.74) is -0.0634. The minimum atomic E-state index is -0.646. The molecule has 11 heteroatoms. The molecule has 1 saturated heterocycles. The maximum atomic E-state index is 13.7. The molecule has 4 rings (SSSR count). The second-order valence-electron chi connectivity index (χ2n) is 7.14. The van der Waals surface area contributed by atoms with E-state index in [0.29, 0.717) is 22.0 Å². The topological polar surface area (TPSA) is 104 Å². The van der Waals surface area contributed by atoms with Crippen LogP contribution < -0.4 is 14.4 Å². The van der Waals surface area contributed by atoms with Crippen molar-refractivity contribution in [3.05, 3.63) is 51.8 Å². The summed E-state index contributed by atoms with van der Waals surface area (Å²) in [5.74, 6) is -0.727. The molecule has 1 aliphatic heterocycles. The Bertz CT molecular complexity index is 1180. The van der Waals surface area contributed by atoms with E-state index in [-0.39, 0.29) is 29.7 Å². The van der Waals surface area contributed by atoms with Crippen LogP contribution in [0.1, 0.15) is 23.2 Å². The van der Waals surface area contributed by atoms with Gasteiger partial charge in [-0.25, -0.2) is 9.37 Å². The maximum absolute atomic E-state index is 13.7. The smallest absolute Gasteiger partial charge is 0.286 e. The van der Waals surface area contributed by atoms with Gasteiger partial charge in [-0.05, 0) is 31.0 Å². The fraction of sp³-hybridized carbons (Fsp3) is 0.333. The highest BCUT2D eigenvalue weighted by molar-refractivity contribution is 7.22. The van der Waals surface area contributed by atoms with E-state index in [0.717, 1.165) is 30.2 Å². The number of hydrogen-bond donors (Lipinski definition) is 0. The molecule has 1 aromatic heterocycles. The van der Waals surface area contributed by atoms with Crippen molar-refractivity contribution in [2.75, 3.05) is 32.3 Å². The van der Waals surface area contributed by atoms with Crippen molar-refractivity contribution < 1.29 is 28.3 Å². The van der Waals surface area contributed by atoms with Gasteiger partial charge < -0.3 is 14.2 Å². The lowest BCUT2D eigenvalue weighted by Gasteiger charge is -2.23. The number of carbonyl (C=O) groups is 1. The number of methoxy groups -OCH3 is 2. The number of nitrogens with zero attached hydrogens (tertiary/aromatic N) is 3. The van der Waals surface area contributed by atoms with Gasteiger partial charge >= 0.3 is 0 Å². The average Bonchev–Trinajstić information content (AvgIpc) is 3.45. The van der Waals surface area contributed by atoms with Crippen LogP contribution in [0.2, 0.25) is 0 Å². The molecule has 1 unspecified atom stereocenters. The molecule has 3 aromatic rings. The van der Waals surface area contributed by atoms with Crippen molar-refractivity contribution in [2.45, 2.75) is 18.9 Å². The molecular weight excluding hydrogens is 441 g/mol. The SMILES string of the molecule is COc1cc(C(=O)N(CC2CCCO2)c2nc3ccc(F)cc3s2)c([N+](=O)[O-])cc1OC. The van der Waals surface area contributed by atoms with Gasteiger partial charge in [0.25, 0.3) is 11.6 Å². The quantitative estimate of drug-likeness (QED) is 0.384. The highest BCUT2D eigenvalue weighted by Gasteiger charge is 2.32. The summed E-state index contributed by atoms with van der Waals surface area (Å²) in [5, 5.41) is 12.0. The first-order valence-electron chi connectivity index (χ1n) is 9.81. The maximum Gasteiger partial charge on any atom is 0.286 e. The van der Waals surface area contributed by atoms with Crippen LogP contribution in [0.25, 0.3) is 10.2 Å².